The van der Waals surface area contributed by atoms with Crippen LogP contribution in [0.4, 0.5) is 5.13 Å². The van der Waals surface area contributed by atoms with Crippen molar-refractivity contribution in [3.05, 3.63) is 70.7 Å². The predicted octanol–water partition coefficient (Wildman–Crippen LogP) is 4.87. The predicted molar refractivity (Wildman–Crippen MR) is 94.7 cm³/mol. The number of nitrogens with zero attached hydrogens (tertiary/aromatic N) is 2. The molecule has 2 aromatic carbocycles. The normalized spacial score (nSPS) is 11.0. The van der Waals surface area contributed by atoms with E-state index in [4.69, 9.17) is 0 Å². The van der Waals surface area contributed by atoms with Crippen LogP contribution in [0.5, 0.6) is 0 Å². The third kappa shape index (κ3) is 3.40. The second-order valence-electron chi connectivity index (χ2n) is 5.10. The van der Waals surface area contributed by atoms with Gasteiger partial charge in [-0.25, -0.2) is 4.98 Å². The largest absolute Gasteiger partial charge is 0.253 e. The number of anilines is 1. The Labute approximate surface area is 134 Å². The third-order valence-corrected chi connectivity index (χ3v) is 4.20. The van der Waals surface area contributed by atoms with Gasteiger partial charge in [0.2, 0.25) is 5.13 Å². The van der Waals surface area contributed by atoms with Gasteiger partial charge in [-0.15, -0.1) is 11.3 Å². The summed E-state index contributed by atoms with van der Waals surface area (Å²) >= 11 is 1.55. The SMILES string of the molecule is Cc1csc(NN=Cc2cccc(-c3ccccc3C)c2)n1. The van der Waals surface area contributed by atoms with Crippen LogP contribution < -0.4 is 5.43 Å². The summed E-state index contributed by atoms with van der Waals surface area (Å²) in [7, 11) is 0. The maximum absolute atomic E-state index is 4.31. The zero-order valence-electron chi connectivity index (χ0n) is 12.6. The van der Waals surface area contributed by atoms with Gasteiger partial charge in [0.15, 0.2) is 0 Å². The summed E-state index contributed by atoms with van der Waals surface area (Å²) in [6.07, 6.45) is 1.82. The summed E-state index contributed by atoms with van der Waals surface area (Å²) in [5, 5.41) is 7.06. The van der Waals surface area contributed by atoms with E-state index in [2.05, 4.69) is 64.9 Å². The summed E-state index contributed by atoms with van der Waals surface area (Å²) < 4.78 is 0. The van der Waals surface area contributed by atoms with Crippen LogP contribution in [0.2, 0.25) is 0 Å². The molecule has 22 heavy (non-hydrogen) atoms. The van der Waals surface area contributed by atoms with E-state index in [1.54, 1.807) is 11.3 Å². The van der Waals surface area contributed by atoms with Gasteiger partial charge >= 0.3 is 0 Å². The second kappa shape index (κ2) is 6.54. The Balaban J connectivity index is 1.78. The van der Waals surface area contributed by atoms with Crippen molar-refractivity contribution >= 4 is 22.7 Å². The molecule has 1 aromatic heterocycles. The minimum atomic E-state index is 0.809. The molecular weight excluding hydrogens is 290 g/mol. The quantitative estimate of drug-likeness (QED) is 0.551. The molecule has 3 rings (SSSR count). The van der Waals surface area contributed by atoms with Gasteiger partial charge in [-0.05, 0) is 42.2 Å². The number of benzene rings is 2. The van der Waals surface area contributed by atoms with E-state index in [0.717, 1.165) is 16.4 Å². The molecule has 4 heteroatoms. The van der Waals surface area contributed by atoms with E-state index >= 15 is 0 Å². The molecule has 0 aliphatic heterocycles. The van der Waals surface area contributed by atoms with Crippen LogP contribution in [0, 0.1) is 13.8 Å². The highest BCUT2D eigenvalue weighted by atomic mass is 32.1. The Hall–Kier alpha value is -2.46. The fourth-order valence-corrected chi connectivity index (χ4v) is 2.89. The first-order valence-electron chi connectivity index (χ1n) is 7.09. The van der Waals surface area contributed by atoms with E-state index in [0.29, 0.717) is 0 Å². The van der Waals surface area contributed by atoms with E-state index in [1.165, 1.54) is 16.7 Å². The van der Waals surface area contributed by atoms with Gasteiger partial charge in [-0.3, -0.25) is 5.43 Å². The van der Waals surface area contributed by atoms with Crippen LogP contribution in [0.3, 0.4) is 0 Å². The van der Waals surface area contributed by atoms with Gasteiger partial charge < -0.3 is 0 Å². The fraction of sp³-hybridized carbons (Fsp3) is 0.111. The van der Waals surface area contributed by atoms with Gasteiger partial charge in [0.05, 0.1) is 11.9 Å². The molecule has 3 nitrogen and oxygen atoms in total. The number of hydrogen-bond donors (Lipinski definition) is 1. The molecule has 0 aliphatic rings. The molecule has 0 spiro atoms. The van der Waals surface area contributed by atoms with Gasteiger partial charge in [-0.1, -0.05) is 42.5 Å². The van der Waals surface area contributed by atoms with E-state index in [1.807, 2.05) is 24.6 Å². The summed E-state index contributed by atoms with van der Waals surface area (Å²) in [4.78, 5) is 4.31. The molecule has 0 radical (unpaired) electrons. The number of nitrogens with one attached hydrogen (secondary N) is 1. The molecule has 110 valence electrons. The van der Waals surface area contributed by atoms with E-state index < -0.39 is 0 Å². The summed E-state index contributed by atoms with van der Waals surface area (Å²) in [6, 6.07) is 16.7. The number of hydrogen-bond acceptors (Lipinski definition) is 4. The third-order valence-electron chi connectivity index (χ3n) is 3.34. The van der Waals surface area contributed by atoms with Crippen LogP contribution in [0.25, 0.3) is 11.1 Å². The lowest BCUT2D eigenvalue weighted by Crippen LogP contribution is -1.91. The molecule has 0 unspecified atom stereocenters. The lowest BCUT2D eigenvalue weighted by Gasteiger charge is -2.06. The number of thiazole rings is 1. The lowest BCUT2D eigenvalue weighted by atomic mass is 9.99. The molecule has 0 atom stereocenters. The van der Waals surface area contributed by atoms with Crippen LogP contribution >= 0.6 is 11.3 Å². The van der Waals surface area contributed by atoms with Gasteiger partial charge in [0.25, 0.3) is 0 Å². The molecule has 0 bridgehead atoms. The second-order valence-corrected chi connectivity index (χ2v) is 5.96. The first kappa shape index (κ1) is 14.5. The summed E-state index contributed by atoms with van der Waals surface area (Å²) in [5.41, 5.74) is 8.75. The van der Waals surface area contributed by atoms with Crippen molar-refractivity contribution in [2.24, 2.45) is 5.10 Å². The van der Waals surface area contributed by atoms with Crippen molar-refractivity contribution in [2.45, 2.75) is 13.8 Å². The molecule has 0 fully saturated rings. The Kier molecular flexibility index (Phi) is 4.30. The highest BCUT2D eigenvalue weighted by Crippen LogP contribution is 2.23. The maximum atomic E-state index is 4.31. The standard InChI is InChI=1S/C18H17N3S/c1-13-6-3-4-9-17(13)16-8-5-7-15(10-16)11-19-21-18-20-14(2)12-22-18/h3-12H,1-2H3,(H,20,21). The van der Waals surface area contributed by atoms with Crippen LogP contribution in [-0.4, -0.2) is 11.2 Å². The van der Waals surface area contributed by atoms with Crippen molar-refractivity contribution in [1.82, 2.24) is 4.98 Å². The molecule has 3 aromatic rings. The Morgan fingerprint density at radius 3 is 2.73 bits per heavy atom. The molecular formula is C18H17N3S. The number of hydrazone groups is 1. The maximum Gasteiger partial charge on any atom is 0.203 e. The molecule has 0 amide bonds. The van der Waals surface area contributed by atoms with Gasteiger partial charge in [0, 0.05) is 5.38 Å². The van der Waals surface area contributed by atoms with Crippen LogP contribution in [0.1, 0.15) is 16.8 Å². The van der Waals surface area contributed by atoms with E-state index in [9.17, 15) is 0 Å². The average molecular weight is 307 g/mol. The lowest BCUT2D eigenvalue weighted by molar-refractivity contribution is 1.22. The minimum absolute atomic E-state index is 0.809. The summed E-state index contributed by atoms with van der Waals surface area (Å²) in [6.45, 7) is 4.10. The van der Waals surface area contributed by atoms with Gasteiger partial charge in [-0.2, -0.15) is 5.10 Å². The van der Waals surface area contributed by atoms with Crippen molar-refractivity contribution < 1.29 is 0 Å². The van der Waals surface area contributed by atoms with Crippen molar-refractivity contribution in [1.29, 1.82) is 0 Å². The summed E-state index contributed by atoms with van der Waals surface area (Å²) in [5.74, 6) is 0. The van der Waals surface area contributed by atoms with Crippen molar-refractivity contribution in [2.75, 3.05) is 5.43 Å². The first-order chi connectivity index (χ1) is 10.7. The molecule has 0 aliphatic carbocycles. The van der Waals surface area contributed by atoms with Crippen molar-refractivity contribution in [3.63, 3.8) is 0 Å². The molecule has 0 saturated heterocycles. The number of aryl methyl sites for hydroxylation is 2. The van der Waals surface area contributed by atoms with Crippen LogP contribution in [0.15, 0.2) is 59.0 Å². The minimum Gasteiger partial charge on any atom is -0.253 e. The number of rotatable bonds is 4. The highest BCUT2D eigenvalue weighted by molar-refractivity contribution is 7.13. The fourth-order valence-electron chi connectivity index (χ4n) is 2.25. The van der Waals surface area contributed by atoms with Crippen molar-refractivity contribution in [3.8, 4) is 11.1 Å². The number of aromatic nitrogens is 1. The van der Waals surface area contributed by atoms with Crippen LogP contribution in [-0.2, 0) is 0 Å². The smallest absolute Gasteiger partial charge is 0.203 e. The van der Waals surface area contributed by atoms with Gasteiger partial charge in [0.1, 0.15) is 0 Å². The molecule has 1 heterocycles. The average Bonchev–Trinajstić information content (AvgIpc) is 2.94. The Morgan fingerprint density at radius 1 is 1.09 bits per heavy atom. The zero-order valence-corrected chi connectivity index (χ0v) is 13.4. The molecule has 0 saturated carbocycles. The Bertz CT molecular complexity index is 805. The monoisotopic (exact) mass is 307 g/mol. The van der Waals surface area contributed by atoms with E-state index in [-0.39, 0.29) is 0 Å². The Morgan fingerprint density at radius 2 is 1.95 bits per heavy atom. The topological polar surface area (TPSA) is 37.3 Å². The zero-order chi connectivity index (χ0) is 15.4. The highest BCUT2D eigenvalue weighted by Gasteiger charge is 2.01. The molecule has 1 N–H and O–H groups in total. The first-order valence-corrected chi connectivity index (χ1v) is 7.97.